The van der Waals surface area contributed by atoms with Crippen LogP contribution in [0.3, 0.4) is 0 Å². The molecule has 17 heavy (non-hydrogen) atoms. The summed E-state index contributed by atoms with van der Waals surface area (Å²) in [6.45, 7) is 0. The number of halogens is 2. The molecule has 0 aliphatic rings. The molecule has 3 nitrogen and oxygen atoms in total. The first kappa shape index (κ1) is 12.0. The van der Waals surface area contributed by atoms with E-state index in [0.717, 1.165) is 0 Å². The molecule has 1 aromatic heterocycles. The Labute approximate surface area is 102 Å². The van der Waals surface area contributed by atoms with Gasteiger partial charge in [0.05, 0.1) is 7.11 Å². The lowest BCUT2D eigenvalue weighted by atomic mass is 10.1. The molecule has 0 saturated heterocycles. The third-order valence-corrected chi connectivity index (χ3v) is 2.57. The van der Waals surface area contributed by atoms with Crippen LogP contribution < -0.4 is 4.74 Å². The van der Waals surface area contributed by atoms with Gasteiger partial charge >= 0.3 is 0 Å². The zero-order valence-corrected chi connectivity index (χ0v) is 9.74. The minimum atomic E-state index is -1.21. The first-order chi connectivity index (χ1) is 8.13. The van der Waals surface area contributed by atoms with Gasteiger partial charge in [-0.15, -0.1) is 0 Å². The quantitative estimate of drug-likeness (QED) is 0.917. The molecule has 1 unspecified atom stereocenters. The Morgan fingerprint density at radius 3 is 2.71 bits per heavy atom. The molecule has 90 valence electrons. The highest BCUT2D eigenvalue weighted by atomic mass is 35.5. The van der Waals surface area contributed by atoms with Gasteiger partial charge in [0.25, 0.3) is 0 Å². The maximum atomic E-state index is 13.9. The molecule has 0 amide bonds. The van der Waals surface area contributed by atoms with Crippen molar-refractivity contribution in [3.63, 3.8) is 0 Å². The van der Waals surface area contributed by atoms with Crippen molar-refractivity contribution in [2.45, 2.75) is 6.10 Å². The fraction of sp³-hybridized carbons (Fsp3) is 0.167. The van der Waals surface area contributed by atoms with Crippen LogP contribution in [0.5, 0.6) is 5.75 Å². The van der Waals surface area contributed by atoms with E-state index in [9.17, 15) is 9.50 Å². The van der Waals surface area contributed by atoms with Crippen molar-refractivity contribution < 1.29 is 18.7 Å². The van der Waals surface area contributed by atoms with Gasteiger partial charge in [-0.1, -0.05) is 12.1 Å². The van der Waals surface area contributed by atoms with Gasteiger partial charge in [0.15, 0.2) is 16.8 Å². The normalized spacial score (nSPS) is 12.5. The molecule has 1 heterocycles. The predicted octanol–water partition coefficient (Wildman–Crippen LogP) is 3.16. The number of hydrogen-bond acceptors (Lipinski definition) is 3. The van der Waals surface area contributed by atoms with Crippen LogP contribution in [-0.2, 0) is 0 Å². The molecule has 1 atom stereocenters. The van der Waals surface area contributed by atoms with Gasteiger partial charge in [0.1, 0.15) is 11.9 Å². The van der Waals surface area contributed by atoms with Crippen LogP contribution in [0.1, 0.15) is 17.4 Å². The molecule has 2 aromatic rings. The van der Waals surface area contributed by atoms with Crippen molar-refractivity contribution in [1.82, 2.24) is 0 Å². The zero-order chi connectivity index (χ0) is 12.4. The second-order valence-corrected chi connectivity index (χ2v) is 3.78. The van der Waals surface area contributed by atoms with E-state index >= 15 is 0 Å². The van der Waals surface area contributed by atoms with Gasteiger partial charge in [-0.2, -0.15) is 0 Å². The smallest absolute Gasteiger partial charge is 0.193 e. The third kappa shape index (κ3) is 2.28. The summed E-state index contributed by atoms with van der Waals surface area (Å²) >= 11 is 5.59. The summed E-state index contributed by atoms with van der Waals surface area (Å²) < 4.78 is 23.7. The molecule has 1 N–H and O–H groups in total. The molecule has 5 heteroatoms. The van der Waals surface area contributed by atoms with Crippen molar-refractivity contribution in [1.29, 1.82) is 0 Å². The molecule has 0 aliphatic carbocycles. The van der Waals surface area contributed by atoms with Gasteiger partial charge in [-0.3, -0.25) is 0 Å². The molecule has 1 aromatic carbocycles. The average Bonchev–Trinajstić information content (AvgIpc) is 2.75. The Morgan fingerprint density at radius 2 is 2.12 bits per heavy atom. The first-order valence-corrected chi connectivity index (χ1v) is 5.27. The minimum absolute atomic E-state index is 0.0687. The predicted molar refractivity (Wildman–Crippen MR) is 60.7 cm³/mol. The number of benzene rings is 1. The van der Waals surface area contributed by atoms with Crippen molar-refractivity contribution in [2.24, 2.45) is 0 Å². The number of ether oxygens (including phenoxy) is 1. The van der Waals surface area contributed by atoms with E-state index in [1.165, 1.54) is 31.4 Å². The molecule has 0 bridgehead atoms. The Bertz CT molecular complexity index is 524. The Kier molecular flexibility index (Phi) is 3.36. The van der Waals surface area contributed by atoms with E-state index in [1.807, 2.05) is 0 Å². The second-order valence-electron chi connectivity index (χ2n) is 3.41. The monoisotopic (exact) mass is 256 g/mol. The lowest BCUT2D eigenvalue weighted by Gasteiger charge is -2.11. The molecule has 0 radical (unpaired) electrons. The molecule has 2 rings (SSSR count). The number of aliphatic hydroxyl groups excluding tert-OH is 1. The van der Waals surface area contributed by atoms with Crippen molar-refractivity contribution >= 4 is 11.6 Å². The van der Waals surface area contributed by atoms with E-state index in [2.05, 4.69) is 0 Å². The Balaban J connectivity index is 2.40. The lowest BCUT2D eigenvalue weighted by molar-refractivity contribution is 0.183. The molecule has 0 fully saturated rings. The van der Waals surface area contributed by atoms with Crippen LogP contribution in [0, 0.1) is 5.82 Å². The summed E-state index contributed by atoms with van der Waals surface area (Å²) in [6, 6.07) is 7.49. The van der Waals surface area contributed by atoms with Crippen molar-refractivity contribution in [3.8, 4) is 5.75 Å². The third-order valence-electron chi connectivity index (χ3n) is 2.37. The number of aliphatic hydroxyl groups is 1. The SMILES string of the molecule is COc1cccc(C(O)c2ccc(Cl)o2)c1F. The van der Waals surface area contributed by atoms with E-state index < -0.39 is 11.9 Å². The van der Waals surface area contributed by atoms with Gasteiger partial charge < -0.3 is 14.3 Å². The average molecular weight is 257 g/mol. The largest absolute Gasteiger partial charge is 0.494 e. The molecule has 0 aliphatic heterocycles. The van der Waals surface area contributed by atoms with Crippen molar-refractivity contribution in [3.05, 3.63) is 52.7 Å². The van der Waals surface area contributed by atoms with Gasteiger partial charge in [0, 0.05) is 5.56 Å². The van der Waals surface area contributed by atoms with Crippen LogP contribution >= 0.6 is 11.6 Å². The van der Waals surface area contributed by atoms with Gasteiger partial charge in [-0.25, -0.2) is 4.39 Å². The number of hydrogen-bond donors (Lipinski definition) is 1. The summed E-state index contributed by atoms with van der Waals surface area (Å²) in [4.78, 5) is 0. The highest BCUT2D eigenvalue weighted by Crippen LogP contribution is 2.30. The summed E-state index contributed by atoms with van der Waals surface area (Å²) in [5.41, 5.74) is 0.0790. The van der Waals surface area contributed by atoms with E-state index in [-0.39, 0.29) is 22.3 Å². The molecule has 0 saturated carbocycles. The standard InChI is InChI=1S/C12H10ClFO3/c1-16-8-4-2-3-7(11(8)14)12(15)9-5-6-10(13)17-9/h2-6,12,15H,1H3. The number of furan rings is 1. The summed E-state index contributed by atoms with van der Waals surface area (Å²) in [5.74, 6) is -0.364. The summed E-state index contributed by atoms with van der Waals surface area (Å²) in [7, 11) is 1.36. The molecular weight excluding hydrogens is 247 g/mol. The fourth-order valence-electron chi connectivity index (χ4n) is 1.53. The topological polar surface area (TPSA) is 42.6 Å². The minimum Gasteiger partial charge on any atom is -0.494 e. The maximum absolute atomic E-state index is 13.9. The molecular formula is C12H10ClFO3. The summed E-state index contributed by atoms with van der Waals surface area (Å²) in [6.07, 6.45) is -1.21. The van der Waals surface area contributed by atoms with Crippen LogP contribution in [0.4, 0.5) is 4.39 Å². The summed E-state index contributed by atoms with van der Waals surface area (Å²) in [5, 5.41) is 10.1. The van der Waals surface area contributed by atoms with Crippen molar-refractivity contribution in [2.75, 3.05) is 7.11 Å². The lowest BCUT2D eigenvalue weighted by Crippen LogP contribution is -2.02. The fourth-order valence-corrected chi connectivity index (χ4v) is 1.68. The zero-order valence-electron chi connectivity index (χ0n) is 8.98. The van der Waals surface area contributed by atoms with Crippen LogP contribution in [0.2, 0.25) is 5.22 Å². The highest BCUT2D eigenvalue weighted by Gasteiger charge is 2.20. The van der Waals surface area contributed by atoms with Gasteiger partial charge in [0.2, 0.25) is 0 Å². The van der Waals surface area contributed by atoms with E-state index in [1.54, 1.807) is 6.07 Å². The van der Waals surface area contributed by atoms with Crippen LogP contribution in [0.25, 0.3) is 0 Å². The maximum Gasteiger partial charge on any atom is 0.193 e. The van der Waals surface area contributed by atoms with Gasteiger partial charge in [-0.05, 0) is 29.8 Å². The van der Waals surface area contributed by atoms with E-state index in [0.29, 0.717) is 0 Å². The number of methoxy groups -OCH3 is 1. The van der Waals surface area contributed by atoms with Crippen LogP contribution in [-0.4, -0.2) is 12.2 Å². The second kappa shape index (κ2) is 4.77. The van der Waals surface area contributed by atoms with E-state index in [4.69, 9.17) is 20.8 Å². The number of rotatable bonds is 3. The Morgan fingerprint density at radius 1 is 1.35 bits per heavy atom. The van der Waals surface area contributed by atoms with Crippen LogP contribution in [0.15, 0.2) is 34.7 Å². The molecule has 0 spiro atoms. The highest BCUT2D eigenvalue weighted by molar-refractivity contribution is 6.28. The first-order valence-electron chi connectivity index (χ1n) is 4.89. The Hall–Kier alpha value is -1.52.